The summed E-state index contributed by atoms with van der Waals surface area (Å²) in [5.74, 6) is 0.610. The maximum absolute atomic E-state index is 13.9. The number of benzene rings is 2. The van der Waals surface area contributed by atoms with E-state index in [-0.39, 0.29) is 24.8 Å². The average Bonchev–Trinajstić information content (AvgIpc) is 2.64. The molecule has 1 heterocycles. The molecule has 148 valence electrons. The number of aliphatic hydroxyl groups is 1. The molecule has 0 aliphatic carbocycles. The molecule has 3 rings (SSSR count). The molecule has 1 atom stereocenters. The van der Waals surface area contributed by atoms with Crippen LogP contribution in [0.1, 0.15) is 11.1 Å². The first-order valence-corrected chi connectivity index (χ1v) is 9.13. The highest BCUT2D eigenvalue weighted by molar-refractivity contribution is 5.85. The van der Waals surface area contributed by atoms with Crippen LogP contribution in [0.5, 0.6) is 5.75 Å². The van der Waals surface area contributed by atoms with Crippen molar-refractivity contribution in [3.63, 3.8) is 0 Å². The normalized spacial score (nSPS) is 15.9. The second kappa shape index (κ2) is 9.93. The van der Waals surface area contributed by atoms with Gasteiger partial charge in [-0.3, -0.25) is 4.90 Å². The predicted molar refractivity (Wildman–Crippen MR) is 110 cm³/mol. The Labute approximate surface area is 167 Å². The largest absolute Gasteiger partial charge is 0.491 e. The minimum atomic E-state index is -0.545. The Kier molecular flexibility index (Phi) is 7.90. The van der Waals surface area contributed by atoms with E-state index in [0.717, 1.165) is 31.9 Å². The standard InChI is InChI=1S/C21H27FN2O2.ClH/c1-16-7-8-19(13-17(16)2)26-15-18(25)14-23-9-11-24(12-10-23)21-6-4-3-5-20(21)22;/h3-8,13,18,25H,9-12,14-15H2,1-2H3;1H. The van der Waals surface area contributed by atoms with Crippen molar-refractivity contribution < 1.29 is 14.2 Å². The van der Waals surface area contributed by atoms with Gasteiger partial charge < -0.3 is 14.7 Å². The molecule has 1 unspecified atom stereocenters. The Balaban J connectivity index is 0.00000261. The molecule has 0 saturated carbocycles. The molecule has 6 heteroatoms. The van der Waals surface area contributed by atoms with E-state index >= 15 is 0 Å². The Bertz CT molecular complexity index is 736. The minimum absolute atomic E-state index is 0. The molecule has 1 saturated heterocycles. The quantitative estimate of drug-likeness (QED) is 0.814. The number of rotatable bonds is 6. The van der Waals surface area contributed by atoms with Crippen molar-refractivity contribution in [1.29, 1.82) is 0 Å². The highest BCUT2D eigenvalue weighted by Crippen LogP contribution is 2.20. The summed E-state index contributed by atoms with van der Waals surface area (Å²) in [6.45, 7) is 8.07. The van der Waals surface area contributed by atoms with Crippen molar-refractivity contribution in [3.05, 3.63) is 59.4 Å². The van der Waals surface area contributed by atoms with E-state index in [1.165, 1.54) is 17.2 Å². The molecule has 0 radical (unpaired) electrons. The molecule has 0 bridgehead atoms. The summed E-state index contributed by atoms with van der Waals surface area (Å²) >= 11 is 0. The van der Waals surface area contributed by atoms with Gasteiger partial charge in [0.05, 0.1) is 5.69 Å². The van der Waals surface area contributed by atoms with Gasteiger partial charge in [0.15, 0.2) is 0 Å². The van der Waals surface area contributed by atoms with Gasteiger partial charge in [0.1, 0.15) is 24.3 Å². The number of aryl methyl sites for hydroxylation is 2. The van der Waals surface area contributed by atoms with Crippen LogP contribution in [-0.2, 0) is 0 Å². The van der Waals surface area contributed by atoms with Gasteiger partial charge in [0, 0.05) is 32.7 Å². The van der Waals surface area contributed by atoms with Crippen LogP contribution in [0.4, 0.5) is 10.1 Å². The molecule has 0 amide bonds. The summed E-state index contributed by atoms with van der Waals surface area (Å²) in [5, 5.41) is 10.3. The van der Waals surface area contributed by atoms with Crippen LogP contribution < -0.4 is 9.64 Å². The number of aliphatic hydroxyl groups excluding tert-OH is 1. The summed E-state index contributed by atoms with van der Waals surface area (Å²) in [5.41, 5.74) is 3.07. The lowest BCUT2D eigenvalue weighted by molar-refractivity contribution is 0.0662. The molecule has 0 spiro atoms. The third kappa shape index (κ3) is 5.83. The third-order valence-electron chi connectivity index (χ3n) is 4.96. The Morgan fingerprint density at radius 2 is 1.74 bits per heavy atom. The smallest absolute Gasteiger partial charge is 0.146 e. The number of anilines is 1. The van der Waals surface area contributed by atoms with Gasteiger partial charge in [0.2, 0.25) is 0 Å². The Morgan fingerprint density at radius 1 is 1.04 bits per heavy atom. The first-order valence-electron chi connectivity index (χ1n) is 9.13. The van der Waals surface area contributed by atoms with Gasteiger partial charge in [-0.2, -0.15) is 0 Å². The molecular formula is C21H28ClFN2O2. The van der Waals surface area contributed by atoms with Crippen molar-refractivity contribution in [1.82, 2.24) is 4.90 Å². The van der Waals surface area contributed by atoms with Gasteiger partial charge in [-0.25, -0.2) is 4.39 Å². The summed E-state index contributed by atoms with van der Waals surface area (Å²) < 4.78 is 19.6. The number of ether oxygens (including phenoxy) is 1. The number of para-hydroxylation sites is 1. The summed E-state index contributed by atoms with van der Waals surface area (Å²) in [4.78, 5) is 4.26. The fourth-order valence-electron chi connectivity index (χ4n) is 3.23. The van der Waals surface area contributed by atoms with Crippen LogP contribution in [0.25, 0.3) is 0 Å². The number of β-amino-alcohol motifs (C(OH)–C–C–N with tert-alkyl or cyclic N) is 1. The molecule has 1 N–H and O–H groups in total. The lowest BCUT2D eigenvalue weighted by Gasteiger charge is -2.36. The lowest BCUT2D eigenvalue weighted by atomic mass is 10.1. The van der Waals surface area contributed by atoms with Gasteiger partial charge >= 0.3 is 0 Å². The van der Waals surface area contributed by atoms with Crippen LogP contribution in [0.3, 0.4) is 0 Å². The van der Waals surface area contributed by atoms with Crippen LogP contribution >= 0.6 is 12.4 Å². The number of hydrogen-bond acceptors (Lipinski definition) is 4. The zero-order chi connectivity index (χ0) is 18.5. The number of piperazine rings is 1. The summed E-state index contributed by atoms with van der Waals surface area (Å²) in [6.07, 6.45) is -0.545. The minimum Gasteiger partial charge on any atom is -0.491 e. The number of halogens is 2. The highest BCUT2D eigenvalue weighted by atomic mass is 35.5. The molecule has 0 aromatic heterocycles. The van der Waals surface area contributed by atoms with E-state index in [4.69, 9.17) is 4.74 Å². The molecular weight excluding hydrogens is 367 g/mol. The van der Waals surface area contributed by atoms with Crippen molar-refractivity contribution in [3.8, 4) is 5.75 Å². The zero-order valence-corrected chi connectivity index (χ0v) is 16.7. The third-order valence-corrected chi connectivity index (χ3v) is 4.96. The maximum Gasteiger partial charge on any atom is 0.146 e. The van der Waals surface area contributed by atoms with Crippen LogP contribution in [0.2, 0.25) is 0 Å². The second-order valence-electron chi connectivity index (χ2n) is 6.95. The number of hydrogen-bond donors (Lipinski definition) is 1. The molecule has 4 nitrogen and oxygen atoms in total. The highest BCUT2D eigenvalue weighted by Gasteiger charge is 2.21. The Morgan fingerprint density at radius 3 is 2.41 bits per heavy atom. The monoisotopic (exact) mass is 394 g/mol. The van der Waals surface area contributed by atoms with Crippen LogP contribution in [0, 0.1) is 19.7 Å². The van der Waals surface area contributed by atoms with Gasteiger partial charge in [-0.1, -0.05) is 18.2 Å². The molecule has 2 aromatic carbocycles. The molecule has 27 heavy (non-hydrogen) atoms. The average molecular weight is 395 g/mol. The van der Waals surface area contributed by atoms with Crippen molar-refractivity contribution in [2.45, 2.75) is 20.0 Å². The Hall–Kier alpha value is -1.82. The van der Waals surface area contributed by atoms with Crippen LogP contribution in [0.15, 0.2) is 42.5 Å². The van der Waals surface area contributed by atoms with E-state index in [2.05, 4.69) is 16.7 Å². The zero-order valence-electron chi connectivity index (χ0n) is 15.9. The fourth-order valence-corrected chi connectivity index (χ4v) is 3.23. The van der Waals surface area contributed by atoms with E-state index in [1.54, 1.807) is 6.07 Å². The van der Waals surface area contributed by atoms with E-state index < -0.39 is 6.10 Å². The molecule has 1 fully saturated rings. The molecule has 1 aliphatic rings. The van der Waals surface area contributed by atoms with Gasteiger partial charge in [0.25, 0.3) is 0 Å². The lowest BCUT2D eigenvalue weighted by Crippen LogP contribution is -2.49. The van der Waals surface area contributed by atoms with Gasteiger partial charge in [-0.15, -0.1) is 12.4 Å². The van der Waals surface area contributed by atoms with Crippen molar-refractivity contribution >= 4 is 18.1 Å². The van der Waals surface area contributed by atoms with E-state index in [0.29, 0.717) is 12.2 Å². The SMILES string of the molecule is Cc1ccc(OCC(O)CN2CCN(c3ccccc3F)CC2)cc1C.Cl. The maximum atomic E-state index is 13.9. The second-order valence-corrected chi connectivity index (χ2v) is 6.95. The van der Waals surface area contributed by atoms with Crippen LogP contribution in [-0.4, -0.2) is 55.4 Å². The topological polar surface area (TPSA) is 35.9 Å². The van der Waals surface area contributed by atoms with Crippen molar-refractivity contribution in [2.75, 3.05) is 44.2 Å². The number of nitrogens with zero attached hydrogens (tertiary/aromatic N) is 2. The summed E-state index contributed by atoms with van der Waals surface area (Å²) in [6, 6.07) is 12.8. The first-order chi connectivity index (χ1) is 12.5. The predicted octanol–water partition coefficient (Wildman–Crippen LogP) is 3.43. The van der Waals surface area contributed by atoms with E-state index in [9.17, 15) is 9.50 Å². The fraction of sp³-hybridized carbons (Fsp3) is 0.429. The molecule has 1 aliphatic heterocycles. The van der Waals surface area contributed by atoms with Gasteiger partial charge in [-0.05, 0) is 49.2 Å². The summed E-state index contributed by atoms with van der Waals surface area (Å²) in [7, 11) is 0. The molecule has 2 aromatic rings. The van der Waals surface area contributed by atoms with E-state index in [1.807, 2.05) is 37.3 Å². The first kappa shape index (κ1) is 21.5. The van der Waals surface area contributed by atoms with Crippen molar-refractivity contribution in [2.24, 2.45) is 0 Å².